The van der Waals surface area contributed by atoms with Crippen molar-refractivity contribution in [3.63, 3.8) is 0 Å². The van der Waals surface area contributed by atoms with E-state index in [2.05, 4.69) is 148 Å². The monoisotopic (exact) mass is 659 g/mol. The maximum Gasteiger partial charge on any atom is 0.131 e. The minimum Gasteiger partial charge on any atom is -0.383 e. The van der Waals surface area contributed by atoms with Gasteiger partial charge in [0.05, 0.1) is 27.9 Å². The first-order valence-electron chi connectivity index (χ1n) is 17.1. The second-order valence-electron chi connectivity index (χ2n) is 12.5. The van der Waals surface area contributed by atoms with Crippen molar-refractivity contribution in [1.29, 1.82) is 0 Å². The fourth-order valence-electron chi connectivity index (χ4n) is 6.91. The molecular formula is C46H37N5. The highest BCUT2D eigenvalue weighted by molar-refractivity contribution is 6.13. The number of benzene rings is 6. The summed E-state index contributed by atoms with van der Waals surface area (Å²) in [5.41, 5.74) is 18.3. The third-order valence-corrected chi connectivity index (χ3v) is 9.36. The zero-order valence-electron chi connectivity index (χ0n) is 28.4. The lowest BCUT2D eigenvalue weighted by Gasteiger charge is -2.11. The zero-order valence-corrected chi connectivity index (χ0v) is 28.4. The van der Waals surface area contributed by atoms with Gasteiger partial charge in [0.1, 0.15) is 5.84 Å². The number of aliphatic imine (C=N–C) groups is 2. The molecule has 2 N–H and O–H groups in total. The Morgan fingerprint density at radius 1 is 0.686 bits per heavy atom. The Hall–Kier alpha value is -6.72. The number of aromatic nitrogens is 2. The molecule has 0 saturated carbocycles. The maximum atomic E-state index is 6.68. The molecule has 0 fully saturated rings. The highest BCUT2D eigenvalue weighted by atomic mass is 15.0. The topological polar surface area (TPSA) is 60.6 Å². The number of nitrogens with two attached hydrogens (primary N) is 1. The molecular weight excluding hydrogens is 623 g/mol. The third-order valence-electron chi connectivity index (χ3n) is 9.36. The van der Waals surface area contributed by atoms with Crippen LogP contribution in [-0.2, 0) is 6.42 Å². The smallest absolute Gasteiger partial charge is 0.131 e. The van der Waals surface area contributed by atoms with Crippen LogP contribution < -0.4 is 5.73 Å². The highest BCUT2D eigenvalue weighted by Gasteiger charge is 2.15. The van der Waals surface area contributed by atoms with Crippen LogP contribution in [0, 0.1) is 0 Å². The SMILES string of the molecule is C=C/C=C(\N=CC)c1ccc(Cc2ccccc2N=C(N)c2ccc(-n3c4ccccc4c4cc5ccn(-c6ccccc6)c5cc43)cc2)cc1. The first-order valence-corrected chi connectivity index (χ1v) is 17.1. The van der Waals surface area contributed by atoms with Crippen LogP contribution in [0.5, 0.6) is 0 Å². The number of hydrogen-bond acceptors (Lipinski definition) is 2. The number of fused-ring (bicyclic) bond motifs is 4. The molecule has 8 rings (SSSR count). The fourth-order valence-corrected chi connectivity index (χ4v) is 6.91. The molecule has 246 valence electrons. The predicted molar refractivity (Wildman–Crippen MR) is 216 cm³/mol. The molecule has 0 amide bonds. The molecule has 0 saturated heterocycles. The Bertz CT molecular complexity index is 2620. The van der Waals surface area contributed by atoms with E-state index >= 15 is 0 Å². The van der Waals surface area contributed by atoms with Crippen LogP contribution in [0.3, 0.4) is 0 Å². The van der Waals surface area contributed by atoms with Gasteiger partial charge in [0.25, 0.3) is 0 Å². The summed E-state index contributed by atoms with van der Waals surface area (Å²) in [6, 6.07) is 51.0. The van der Waals surface area contributed by atoms with Gasteiger partial charge in [0.15, 0.2) is 0 Å². The number of hydrogen-bond donors (Lipinski definition) is 1. The lowest BCUT2D eigenvalue weighted by atomic mass is 10.0. The Labute approximate surface area is 297 Å². The molecule has 8 aromatic rings. The molecule has 0 radical (unpaired) electrons. The molecule has 2 aromatic heterocycles. The van der Waals surface area contributed by atoms with Crippen molar-refractivity contribution in [2.24, 2.45) is 15.7 Å². The molecule has 0 bridgehead atoms. The maximum absolute atomic E-state index is 6.68. The summed E-state index contributed by atoms with van der Waals surface area (Å²) in [7, 11) is 0. The Morgan fingerprint density at radius 3 is 2.20 bits per heavy atom. The van der Waals surface area contributed by atoms with Crippen LogP contribution in [0.15, 0.2) is 181 Å². The third kappa shape index (κ3) is 6.06. The van der Waals surface area contributed by atoms with E-state index in [1.54, 1.807) is 12.3 Å². The summed E-state index contributed by atoms with van der Waals surface area (Å²) in [6.45, 7) is 5.73. The summed E-state index contributed by atoms with van der Waals surface area (Å²) in [5.74, 6) is 0.477. The number of para-hydroxylation sites is 3. The second kappa shape index (κ2) is 13.7. The van der Waals surface area contributed by atoms with Gasteiger partial charge in [-0.25, -0.2) is 4.99 Å². The van der Waals surface area contributed by atoms with Crippen molar-refractivity contribution in [3.05, 3.63) is 193 Å². The molecule has 0 aliphatic heterocycles. The molecule has 2 heterocycles. The molecule has 0 unspecified atom stereocenters. The standard InChI is InChI=1S/C46H37N5/c1-3-12-41(48-4-2)33-21-19-32(20-22-33)29-35-13-8-10-17-42(35)49-46(47)34-23-25-38(26-24-34)51-43-18-11-9-16-39(43)40-30-36-27-28-50(44(36)31-45(40)51)37-14-6-5-7-15-37/h3-28,30-31H,1,29H2,2H3,(H2,47,49)/b41-12-,48-4?. The van der Waals surface area contributed by atoms with Gasteiger partial charge >= 0.3 is 0 Å². The molecule has 0 spiro atoms. The quantitative estimate of drug-likeness (QED) is 0.0935. The average molecular weight is 660 g/mol. The number of allylic oxidation sites excluding steroid dienone is 2. The van der Waals surface area contributed by atoms with E-state index in [0.717, 1.165) is 56.9 Å². The van der Waals surface area contributed by atoms with Crippen molar-refractivity contribution in [1.82, 2.24) is 9.13 Å². The van der Waals surface area contributed by atoms with Crippen LogP contribution >= 0.6 is 0 Å². The van der Waals surface area contributed by atoms with Crippen LogP contribution in [0.25, 0.3) is 49.8 Å². The van der Waals surface area contributed by atoms with E-state index in [0.29, 0.717) is 5.84 Å². The van der Waals surface area contributed by atoms with E-state index < -0.39 is 0 Å². The first kappa shape index (κ1) is 31.5. The van der Waals surface area contributed by atoms with Gasteiger partial charge in [0.2, 0.25) is 0 Å². The van der Waals surface area contributed by atoms with E-state index in [9.17, 15) is 0 Å². The molecule has 6 aromatic carbocycles. The van der Waals surface area contributed by atoms with Gasteiger partial charge in [0, 0.05) is 51.1 Å². The molecule has 0 aliphatic carbocycles. The minimum absolute atomic E-state index is 0.477. The van der Waals surface area contributed by atoms with Crippen LogP contribution in [0.1, 0.15) is 29.2 Å². The van der Waals surface area contributed by atoms with Crippen LogP contribution in [0.4, 0.5) is 5.69 Å². The average Bonchev–Trinajstić information content (AvgIpc) is 3.74. The van der Waals surface area contributed by atoms with Gasteiger partial charge < -0.3 is 14.9 Å². The van der Waals surface area contributed by atoms with Gasteiger partial charge in [-0.15, -0.1) is 0 Å². The van der Waals surface area contributed by atoms with Crippen molar-refractivity contribution < 1.29 is 0 Å². The molecule has 0 aliphatic rings. The van der Waals surface area contributed by atoms with Crippen molar-refractivity contribution in [3.8, 4) is 11.4 Å². The van der Waals surface area contributed by atoms with Gasteiger partial charge in [-0.2, -0.15) is 0 Å². The first-order chi connectivity index (χ1) is 25.1. The summed E-state index contributed by atoms with van der Waals surface area (Å²) in [4.78, 5) is 9.40. The molecule has 51 heavy (non-hydrogen) atoms. The van der Waals surface area contributed by atoms with E-state index in [-0.39, 0.29) is 0 Å². The van der Waals surface area contributed by atoms with Gasteiger partial charge in [-0.05, 0) is 97.3 Å². The fraction of sp³-hybridized carbons (Fsp3) is 0.0435. The van der Waals surface area contributed by atoms with Gasteiger partial charge in [-0.1, -0.05) is 91.5 Å². The lowest BCUT2D eigenvalue weighted by molar-refractivity contribution is 1.12. The van der Waals surface area contributed by atoms with Crippen LogP contribution in [0.2, 0.25) is 0 Å². The summed E-state index contributed by atoms with van der Waals surface area (Å²) in [6.07, 6.45) is 8.35. The van der Waals surface area contributed by atoms with Crippen LogP contribution in [-0.4, -0.2) is 21.2 Å². The molecule has 0 atom stereocenters. The Morgan fingerprint density at radius 2 is 1.41 bits per heavy atom. The zero-order chi connectivity index (χ0) is 34.7. The van der Waals surface area contributed by atoms with E-state index in [1.165, 1.54) is 27.2 Å². The van der Waals surface area contributed by atoms with Gasteiger partial charge in [-0.3, -0.25) is 4.99 Å². The highest BCUT2D eigenvalue weighted by Crippen LogP contribution is 2.36. The Kier molecular flexibility index (Phi) is 8.44. The number of rotatable bonds is 9. The van der Waals surface area contributed by atoms with E-state index in [4.69, 9.17) is 10.7 Å². The number of nitrogens with zero attached hydrogens (tertiary/aromatic N) is 4. The molecule has 5 heteroatoms. The summed E-state index contributed by atoms with van der Waals surface area (Å²) in [5, 5.41) is 3.66. The minimum atomic E-state index is 0.477. The molecule has 5 nitrogen and oxygen atoms in total. The Balaban J connectivity index is 1.12. The predicted octanol–water partition coefficient (Wildman–Crippen LogP) is 11.0. The van der Waals surface area contributed by atoms with E-state index in [1.807, 2.05) is 37.3 Å². The summed E-state index contributed by atoms with van der Waals surface area (Å²) >= 11 is 0. The van der Waals surface area contributed by atoms with Crippen molar-refractivity contribution in [2.45, 2.75) is 13.3 Å². The lowest BCUT2D eigenvalue weighted by Crippen LogP contribution is -2.13. The van der Waals surface area contributed by atoms with Crippen molar-refractivity contribution in [2.75, 3.05) is 0 Å². The van der Waals surface area contributed by atoms with Crippen molar-refractivity contribution >= 4 is 56.1 Å². The largest absolute Gasteiger partial charge is 0.383 e. The normalized spacial score (nSPS) is 12.4. The number of amidine groups is 1. The summed E-state index contributed by atoms with van der Waals surface area (Å²) < 4.78 is 4.60. The second-order valence-corrected chi connectivity index (χ2v) is 12.5.